The van der Waals surface area contributed by atoms with Crippen molar-refractivity contribution in [3.8, 4) is 0 Å². The maximum atomic E-state index is 12.6. The zero-order valence-electron chi connectivity index (χ0n) is 24.7. The van der Waals surface area contributed by atoms with Gasteiger partial charge in [-0.1, -0.05) is 58.9 Å². The van der Waals surface area contributed by atoms with E-state index < -0.39 is 35.9 Å². The van der Waals surface area contributed by atoms with Crippen LogP contribution in [0.5, 0.6) is 0 Å². The minimum atomic E-state index is -1.40. The van der Waals surface area contributed by atoms with Crippen molar-refractivity contribution < 1.29 is 39.1 Å². The van der Waals surface area contributed by atoms with E-state index in [1.165, 1.54) is 0 Å². The number of ether oxygens (including phenoxy) is 3. The summed E-state index contributed by atoms with van der Waals surface area (Å²) in [6, 6.07) is 0. The fourth-order valence-corrected chi connectivity index (χ4v) is 5.01. The van der Waals surface area contributed by atoms with Gasteiger partial charge in [0.15, 0.2) is 0 Å². The van der Waals surface area contributed by atoms with Gasteiger partial charge in [0.25, 0.3) is 0 Å². The number of allylic oxidation sites excluding steroid dienone is 3. The molecular formula is C31H50O8. The second-order valence-corrected chi connectivity index (χ2v) is 11.7. The molecule has 8 nitrogen and oxygen atoms in total. The highest BCUT2D eigenvalue weighted by atomic mass is 16.6. The maximum Gasteiger partial charge on any atom is 0.309 e. The molecular weight excluding hydrogens is 500 g/mol. The first kappa shape index (κ1) is 33.2. The van der Waals surface area contributed by atoms with E-state index in [2.05, 4.69) is 13.0 Å². The second-order valence-electron chi connectivity index (χ2n) is 11.7. The van der Waals surface area contributed by atoms with Crippen LogP contribution in [0, 0.1) is 17.8 Å². The predicted octanol–water partition coefficient (Wildman–Crippen LogP) is 4.41. The lowest BCUT2D eigenvalue weighted by Gasteiger charge is -2.32. The molecule has 0 bridgehead atoms. The summed E-state index contributed by atoms with van der Waals surface area (Å²) in [6.07, 6.45) is 8.74. The maximum absolute atomic E-state index is 12.6. The van der Waals surface area contributed by atoms with Gasteiger partial charge in [0, 0.05) is 18.3 Å². The summed E-state index contributed by atoms with van der Waals surface area (Å²) in [6.45, 7) is 13.2. The molecule has 0 saturated carbocycles. The van der Waals surface area contributed by atoms with Gasteiger partial charge in [0.1, 0.15) is 17.8 Å². The van der Waals surface area contributed by atoms with Crippen LogP contribution < -0.4 is 0 Å². The van der Waals surface area contributed by atoms with E-state index in [0.717, 1.165) is 18.4 Å². The third kappa shape index (κ3) is 10.5. The fraction of sp³-hybridized carbons (Fsp3) is 0.742. The van der Waals surface area contributed by atoms with Gasteiger partial charge in [-0.2, -0.15) is 0 Å². The molecule has 0 spiro atoms. The Morgan fingerprint density at radius 1 is 1.28 bits per heavy atom. The number of rotatable bonds is 10. The molecule has 0 amide bonds. The minimum Gasteiger partial charge on any atom is -0.457 e. The fourth-order valence-electron chi connectivity index (χ4n) is 5.01. The zero-order valence-corrected chi connectivity index (χ0v) is 24.7. The number of epoxide rings is 1. The molecule has 2 rings (SSSR count). The molecule has 2 aliphatic heterocycles. The summed E-state index contributed by atoms with van der Waals surface area (Å²) >= 11 is 0. The molecule has 2 heterocycles. The molecule has 1 fully saturated rings. The molecule has 10 unspecified atom stereocenters. The van der Waals surface area contributed by atoms with Gasteiger partial charge in [0.2, 0.25) is 0 Å². The Balaban J connectivity index is 2.14. The van der Waals surface area contributed by atoms with E-state index in [-0.39, 0.29) is 61.7 Å². The predicted molar refractivity (Wildman–Crippen MR) is 150 cm³/mol. The Kier molecular flexibility index (Phi) is 12.9. The van der Waals surface area contributed by atoms with Crippen molar-refractivity contribution in [3.63, 3.8) is 0 Å². The van der Waals surface area contributed by atoms with Crippen molar-refractivity contribution in [2.75, 3.05) is 0 Å². The van der Waals surface area contributed by atoms with E-state index in [0.29, 0.717) is 0 Å². The smallest absolute Gasteiger partial charge is 0.309 e. The normalized spacial score (nSPS) is 35.7. The molecule has 1 saturated heterocycles. The van der Waals surface area contributed by atoms with E-state index in [1.54, 1.807) is 26.0 Å². The summed E-state index contributed by atoms with van der Waals surface area (Å²) in [5.41, 5.74) is -0.578. The largest absolute Gasteiger partial charge is 0.457 e. The minimum absolute atomic E-state index is 0.105. The van der Waals surface area contributed by atoms with Crippen LogP contribution in [0.2, 0.25) is 0 Å². The lowest BCUT2D eigenvalue weighted by atomic mass is 9.88. The van der Waals surface area contributed by atoms with Crippen LogP contribution in [0.25, 0.3) is 0 Å². The highest BCUT2D eigenvalue weighted by Crippen LogP contribution is 2.36. The second kappa shape index (κ2) is 15.1. The molecule has 0 radical (unpaired) electrons. The molecule has 0 aromatic heterocycles. The van der Waals surface area contributed by atoms with Crippen LogP contribution in [0.4, 0.5) is 0 Å². The molecule has 222 valence electrons. The third-order valence-electron chi connectivity index (χ3n) is 7.89. The first-order chi connectivity index (χ1) is 18.3. The summed E-state index contributed by atoms with van der Waals surface area (Å²) in [5, 5.41) is 31.5. The Morgan fingerprint density at radius 3 is 2.62 bits per heavy atom. The number of hydrogen-bond acceptors (Lipinski definition) is 8. The van der Waals surface area contributed by atoms with Crippen LogP contribution in [-0.4, -0.2) is 69.5 Å². The van der Waals surface area contributed by atoms with Gasteiger partial charge in [-0.3, -0.25) is 9.59 Å². The van der Waals surface area contributed by atoms with Gasteiger partial charge in [-0.15, -0.1) is 0 Å². The average molecular weight is 551 g/mol. The molecule has 39 heavy (non-hydrogen) atoms. The number of aliphatic hydroxyl groups excluding tert-OH is 2. The van der Waals surface area contributed by atoms with Gasteiger partial charge < -0.3 is 29.5 Å². The topological polar surface area (TPSA) is 126 Å². The first-order valence-electron chi connectivity index (χ1n) is 14.4. The van der Waals surface area contributed by atoms with E-state index >= 15 is 0 Å². The molecule has 0 aliphatic carbocycles. The van der Waals surface area contributed by atoms with Gasteiger partial charge >= 0.3 is 11.9 Å². The van der Waals surface area contributed by atoms with Crippen molar-refractivity contribution in [1.29, 1.82) is 0 Å². The number of carbonyl (C=O) groups is 2. The lowest BCUT2D eigenvalue weighted by Crippen LogP contribution is -2.42. The van der Waals surface area contributed by atoms with Crippen molar-refractivity contribution in [3.05, 3.63) is 36.0 Å². The van der Waals surface area contributed by atoms with Gasteiger partial charge in [0.05, 0.1) is 30.8 Å². The SMILES string of the molecule is CCC(=O)OC1/C=C\C(C)C(/C(C)=C/C=C/C(C)CC2OC2C(C)C(O)CC)OC(=O)CC(O)CCC1(C)O. The quantitative estimate of drug-likeness (QED) is 0.158. The van der Waals surface area contributed by atoms with E-state index in [9.17, 15) is 24.9 Å². The molecule has 0 aromatic carbocycles. The Bertz CT molecular complexity index is 891. The molecule has 10 atom stereocenters. The van der Waals surface area contributed by atoms with Crippen LogP contribution >= 0.6 is 0 Å². The molecule has 3 N–H and O–H groups in total. The highest BCUT2D eigenvalue weighted by molar-refractivity contribution is 5.70. The summed E-state index contributed by atoms with van der Waals surface area (Å²) in [5.74, 6) is -0.832. The van der Waals surface area contributed by atoms with E-state index in [1.807, 2.05) is 39.8 Å². The molecule has 0 aromatic rings. The summed E-state index contributed by atoms with van der Waals surface area (Å²) < 4.78 is 17.1. The van der Waals surface area contributed by atoms with Crippen LogP contribution in [0.1, 0.15) is 87.0 Å². The number of esters is 2. The van der Waals surface area contributed by atoms with Crippen LogP contribution in [-0.2, 0) is 23.8 Å². The monoisotopic (exact) mass is 550 g/mol. The van der Waals surface area contributed by atoms with Crippen LogP contribution in [0.15, 0.2) is 36.0 Å². The number of aliphatic hydroxyl groups is 3. The van der Waals surface area contributed by atoms with Gasteiger partial charge in [-0.25, -0.2) is 0 Å². The molecule has 8 heteroatoms. The number of carbonyl (C=O) groups excluding carboxylic acids is 2. The van der Waals surface area contributed by atoms with Crippen molar-refractivity contribution >= 4 is 11.9 Å². The standard InChI is InChI=1S/C31H50O8/c1-8-24(33)22(6)30-25(37-30)17-19(3)11-10-12-20(4)29-21(5)13-14-26(38-27(34)9-2)31(7,36)16-15-23(32)18-28(35)39-29/h10-14,19,21-26,29-30,32-33,36H,8-9,15-18H2,1-7H3/b11-10+,14-13-,20-12+. The number of hydrogen-bond donors (Lipinski definition) is 3. The van der Waals surface area contributed by atoms with E-state index in [4.69, 9.17) is 14.2 Å². The van der Waals surface area contributed by atoms with Crippen molar-refractivity contribution in [2.45, 2.75) is 129 Å². The first-order valence-corrected chi connectivity index (χ1v) is 14.4. The Morgan fingerprint density at radius 2 is 1.97 bits per heavy atom. The third-order valence-corrected chi connectivity index (χ3v) is 7.89. The van der Waals surface area contributed by atoms with Crippen molar-refractivity contribution in [2.24, 2.45) is 17.8 Å². The average Bonchev–Trinajstić information content (AvgIpc) is 3.65. The number of cyclic esters (lactones) is 1. The Hall–Kier alpha value is -2.00. The highest BCUT2D eigenvalue weighted by Gasteiger charge is 2.45. The summed E-state index contributed by atoms with van der Waals surface area (Å²) in [7, 11) is 0. The molecule has 2 aliphatic rings. The van der Waals surface area contributed by atoms with Crippen LogP contribution in [0.3, 0.4) is 0 Å². The van der Waals surface area contributed by atoms with Gasteiger partial charge in [-0.05, 0) is 57.1 Å². The Labute approximate surface area is 234 Å². The zero-order chi connectivity index (χ0) is 29.3. The summed E-state index contributed by atoms with van der Waals surface area (Å²) in [4.78, 5) is 24.7. The van der Waals surface area contributed by atoms with Crippen molar-refractivity contribution in [1.82, 2.24) is 0 Å². The lowest BCUT2D eigenvalue weighted by molar-refractivity contribution is -0.159.